The van der Waals surface area contributed by atoms with Crippen molar-refractivity contribution in [3.05, 3.63) is 328 Å². The van der Waals surface area contributed by atoms with Crippen LogP contribution in [0.1, 0.15) is 35.4 Å². The van der Waals surface area contributed by atoms with Crippen LogP contribution in [0.5, 0.6) is 57.5 Å². The second kappa shape index (κ2) is 50.2. The molecule has 35 nitrogen and oxygen atoms in total. The molecule has 8 heterocycles. The van der Waals surface area contributed by atoms with Gasteiger partial charge in [-0.25, -0.2) is 9.59 Å². The molecule has 13 rings (SSSR count). The number of imide groups is 1. The molecule has 5 aromatic carbocycles. The SMILES string of the molecule is CCOC(=O)NC(=O)C(C#N)=NNc1cc(Cl)c(Oc2ccc(=O)n(CCOC)c2)c(Cl)c1.COCCn1cc(Oc2c(Cl)cc(-n3c(C)ccc3C)cc2Cl)ccc1=O.COCCn1cc(Oc2c(Cl)cc(-n3nc(C#N)c(=O)[nH]c3=O)cc2Cl)ccc1=O.COCCn1cc(Oc2c(Cl)cc(N)cc2Cl)ccc1=O.Cc1ccc(C)n1-c1cc(Cl)c(Oc2ccc(=O)[nH]c2)c(Cl)c1. The summed E-state index contributed by atoms with van der Waals surface area (Å²) in [5, 5.41) is 29.6. The molecule has 0 atom stereocenters. The number of nitriles is 2. The molecule has 0 unspecified atom stereocenters. The van der Waals surface area contributed by atoms with Gasteiger partial charge in [-0.1, -0.05) is 116 Å². The maximum absolute atomic E-state index is 12.0. The van der Waals surface area contributed by atoms with Gasteiger partial charge in [0.05, 0.1) is 94.6 Å². The Labute approximate surface area is 812 Å². The smallest absolute Gasteiger partial charge is 0.414 e. The zero-order chi connectivity index (χ0) is 97.7. The first kappa shape index (κ1) is 105. The maximum atomic E-state index is 12.0. The van der Waals surface area contributed by atoms with Gasteiger partial charge in [-0.2, -0.15) is 20.3 Å². The van der Waals surface area contributed by atoms with E-state index in [1.165, 1.54) is 118 Å². The Kier molecular flexibility index (Phi) is 39.2. The lowest BCUT2D eigenvalue weighted by Gasteiger charge is -2.15. The van der Waals surface area contributed by atoms with Gasteiger partial charge in [-0.15, -0.1) is 5.10 Å². The summed E-state index contributed by atoms with van der Waals surface area (Å²) in [5.74, 6) is 2.12. The summed E-state index contributed by atoms with van der Waals surface area (Å²) < 4.78 is 63.9. The minimum absolute atomic E-state index is 0.0329. The van der Waals surface area contributed by atoms with E-state index in [4.69, 9.17) is 175 Å². The van der Waals surface area contributed by atoms with Crippen LogP contribution < -0.4 is 79.2 Å². The Morgan fingerprint density at radius 1 is 0.448 bits per heavy atom. The molecule has 0 aliphatic heterocycles. The normalized spacial score (nSPS) is 10.8. The van der Waals surface area contributed by atoms with Crippen molar-refractivity contribution in [1.82, 2.24) is 52.5 Å². The third-order valence-corrected chi connectivity index (χ3v) is 20.9. The first-order valence-corrected chi connectivity index (χ1v) is 43.0. The highest BCUT2D eigenvalue weighted by Gasteiger charge is 2.22. The Bertz CT molecular complexity index is 6860. The number of nitrogens with one attached hydrogen (secondary N) is 4. The van der Waals surface area contributed by atoms with Gasteiger partial charge in [0.2, 0.25) is 17.0 Å². The van der Waals surface area contributed by atoms with Crippen molar-refractivity contribution < 1.29 is 57.0 Å². The van der Waals surface area contributed by atoms with Crippen LogP contribution in [0.2, 0.25) is 50.2 Å². The Morgan fingerprint density at radius 2 is 0.769 bits per heavy atom. The molecule has 0 saturated heterocycles. The summed E-state index contributed by atoms with van der Waals surface area (Å²) in [5.41, 5.74) is 11.1. The third-order valence-electron chi connectivity index (χ3n) is 18.1. The number of hydrazone groups is 1. The van der Waals surface area contributed by atoms with Gasteiger partial charge in [0.25, 0.3) is 33.7 Å². The number of amides is 2. The number of pyridine rings is 5. The number of carbonyl (C=O) groups excluding carboxylic acids is 2. The number of anilines is 2. The van der Waals surface area contributed by atoms with E-state index in [9.17, 15) is 43.2 Å². The Hall–Kier alpha value is -13.1. The van der Waals surface area contributed by atoms with Gasteiger partial charge in [0.15, 0.2) is 28.7 Å². The molecule has 6 N–H and O–H groups in total. The van der Waals surface area contributed by atoms with Crippen LogP contribution in [0, 0.1) is 50.4 Å². The van der Waals surface area contributed by atoms with Crippen molar-refractivity contribution in [3.8, 4) is 86.7 Å². The molecule has 0 radical (unpaired) electrons. The number of halogens is 10. The van der Waals surface area contributed by atoms with E-state index in [1.807, 2.05) is 74.4 Å². The van der Waals surface area contributed by atoms with Crippen molar-refractivity contribution in [2.75, 3.05) is 72.6 Å². The number of carbonyl (C=O) groups is 2. The standard InChI is InChI=1S/C20H19Cl2N5O6.C20H20Cl2N2O3.C18H13Cl2N5O5.C17H14Cl2N2O2.C14H14Cl2N2O3/c1-3-32-20(30)24-19(29)16(10-23)26-25-12-8-14(21)18(15(22)9-12)33-13-4-5-17(28)27(11-13)6-7-31-2;1-13-4-5-14(2)24(13)15-10-17(21)20(18(22)11-15)27-16-6-7-19(25)23(12-16)8-9-26-3;1-29-5-4-24-9-11(2-3-15(24)26)30-16-12(19)6-10(7-13(16)20)25-18(28)22-17(27)14(8-21)23-25;1-10-3-4-11(2)21(10)12-7-14(18)17(15(19)8-12)23-13-5-6-16(22)20-9-13;1-20-5-4-18-8-10(2-3-13(18)19)21-14-11(15)6-9(17)7-12(14)16/h4-5,8-9,11,25H,3,6-7H2,1-2H3,(H,24,29,30);4-7,10-12H,8-9H2,1-3H3;2-3,6-7,9H,4-5H2,1H3,(H,22,27,28);3-9H,1-2H3,(H,20,22);2-3,6-8H,4-5,17H2,1H3. The number of benzene rings is 5. The number of aromatic amines is 2. The van der Waals surface area contributed by atoms with E-state index in [2.05, 4.69) is 34.5 Å². The molecule has 13 aromatic rings. The molecule has 700 valence electrons. The van der Waals surface area contributed by atoms with Crippen LogP contribution in [0.25, 0.3) is 17.1 Å². The molecule has 8 aromatic heterocycles. The van der Waals surface area contributed by atoms with E-state index >= 15 is 0 Å². The fourth-order valence-corrected chi connectivity index (χ4v) is 14.7. The van der Waals surface area contributed by atoms with Crippen LogP contribution in [-0.4, -0.2) is 126 Å². The zero-order valence-corrected chi connectivity index (χ0v) is 79.7. The number of ether oxygens (including phenoxy) is 10. The Balaban J connectivity index is 0.000000190. The molecule has 0 fully saturated rings. The van der Waals surface area contributed by atoms with Crippen LogP contribution in [0.3, 0.4) is 0 Å². The predicted octanol–water partition coefficient (Wildman–Crippen LogP) is 17.9. The average Bonchev–Trinajstić information content (AvgIpc) is 1.39. The van der Waals surface area contributed by atoms with Crippen LogP contribution in [0.4, 0.5) is 16.2 Å². The molecule has 0 bridgehead atoms. The summed E-state index contributed by atoms with van der Waals surface area (Å²) in [6, 6.07) is 41.5. The summed E-state index contributed by atoms with van der Waals surface area (Å²) in [6.45, 7) is 12.7. The van der Waals surface area contributed by atoms with E-state index in [-0.39, 0.29) is 77.4 Å². The zero-order valence-electron chi connectivity index (χ0n) is 72.1. The molecule has 0 aliphatic carbocycles. The third kappa shape index (κ3) is 29.0. The van der Waals surface area contributed by atoms with Gasteiger partial charge >= 0.3 is 11.8 Å². The monoisotopic (exact) mass is 2030 g/mol. The van der Waals surface area contributed by atoms with E-state index in [0.29, 0.717) is 134 Å². The summed E-state index contributed by atoms with van der Waals surface area (Å²) >= 11 is 62.8. The maximum Gasteiger partial charge on any atom is 0.414 e. The highest BCUT2D eigenvalue weighted by molar-refractivity contribution is 6.47. The number of H-pyrrole nitrogens is 2. The van der Waals surface area contributed by atoms with Crippen molar-refractivity contribution in [3.63, 3.8) is 0 Å². The van der Waals surface area contributed by atoms with Crippen LogP contribution >= 0.6 is 116 Å². The lowest BCUT2D eigenvalue weighted by molar-refractivity contribution is -0.114. The van der Waals surface area contributed by atoms with Gasteiger partial charge in [-0.05, 0) is 150 Å². The number of aryl methyl sites for hydroxylation is 4. The number of nitrogens with zero attached hydrogens (tertiary/aromatic N) is 11. The number of hydrogen-bond donors (Lipinski definition) is 5. The number of aromatic nitrogens is 10. The largest absolute Gasteiger partial charge is 0.453 e. The summed E-state index contributed by atoms with van der Waals surface area (Å²) in [7, 11) is 6.20. The quantitative estimate of drug-likeness (QED) is 0.0165. The lowest BCUT2D eigenvalue weighted by Crippen LogP contribution is -2.36. The van der Waals surface area contributed by atoms with E-state index in [0.717, 1.165) is 38.8 Å². The van der Waals surface area contributed by atoms with Gasteiger partial charge in [0.1, 0.15) is 40.9 Å². The number of nitrogen functional groups attached to an aromatic ring is 1. The molecular weight excluding hydrogens is 1950 g/mol. The van der Waals surface area contributed by atoms with Gasteiger partial charge in [0, 0.05) is 156 Å². The summed E-state index contributed by atoms with van der Waals surface area (Å²) in [4.78, 5) is 110. The summed E-state index contributed by atoms with van der Waals surface area (Å²) in [6.07, 6.45) is 6.61. The van der Waals surface area contributed by atoms with Crippen molar-refractivity contribution in [2.45, 2.75) is 60.8 Å². The average molecular weight is 2030 g/mol. The van der Waals surface area contributed by atoms with E-state index in [1.54, 1.807) is 88.1 Å². The van der Waals surface area contributed by atoms with Crippen molar-refractivity contribution in [2.24, 2.45) is 5.10 Å². The predicted molar refractivity (Wildman–Crippen MR) is 513 cm³/mol. The lowest BCUT2D eigenvalue weighted by atomic mass is 10.2. The highest BCUT2D eigenvalue weighted by Crippen LogP contribution is 2.44. The fraction of sp³-hybridized carbons (Fsp3) is 0.202. The van der Waals surface area contributed by atoms with Crippen LogP contribution in [-0.2, 0) is 54.7 Å². The fourth-order valence-electron chi connectivity index (χ4n) is 11.9. The number of alkyl carbamates (subject to hydrolysis) is 1. The molecule has 2 amide bonds. The van der Waals surface area contributed by atoms with Crippen molar-refractivity contribution in [1.29, 1.82) is 10.5 Å². The van der Waals surface area contributed by atoms with Crippen molar-refractivity contribution >= 4 is 145 Å². The minimum atomic E-state index is -1.05. The highest BCUT2D eigenvalue weighted by atomic mass is 35.5. The molecule has 0 spiro atoms. The van der Waals surface area contributed by atoms with Crippen LogP contribution in [0.15, 0.2) is 215 Å². The van der Waals surface area contributed by atoms with E-state index < -0.39 is 34.7 Å². The molecule has 45 heteroatoms. The second-order valence-electron chi connectivity index (χ2n) is 27.6. The molecule has 0 aliphatic rings. The number of hydrogen-bond acceptors (Lipinski definition) is 25. The Morgan fingerprint density at radius 3 is 1.08 bits per heavy atom. The number of rotatable bonds is 29. The second-order valence-corrected chi connectivity index (χ2v) is 31.7. The first-order valence-electron chi connectivity index (χ1n) is 39.2. The first-order chi connectivity index (χ1) is 64.0. The topological polar surface area (TPSA) is 435 Å². The van der Waals surface area contributed by atoms with Gasteiger partial charge in [-0.3, -0.25) is 49.3 Å². The molecular formula is C89H80Cl10N16O19. The number of methoxy groups -OCH3 is 4. The minimum Gasteiger partial charge on any atom is -0.453 e. The number of nitrogens with two attached hydrogens (primary N) is 1. The molecule has 0 saturated carbocycles. The van der Waals surface area contributed by atoms with Gasteiger partial charge < -0.3 is 85.5 Å². The molecule has 134 heavy (non-hydrogen) atoms.